The molecule has 0 N–H and O–H groups in total. The second kappa shape index (κ2) is 7.76. The molecule has 1 aromatic carbocycles. The van der Waals surface area contributed by atoms with E-state index in [-0.39, 0.29) is 22.8 Å². The van der Waals surface area contributed by atoms with Gasteiger partial charge >= 0.3 is 0 Å². The van der Waals surface area contributed by atoms with Crippen LogP contribution in [0.15, 0.2) is 39.7 Å². The SMILES string of the molecule is Cc1ccc(S(=O)(=O)OC[C@@H](C)[C@H]2CC[C@H]3C(=CBr)CCC[C@]23C)cc1. The summed E-state index contributed by atoms with van der Waals surface area (Å²) < 4.78 is 30.4. The third-order valence-corrected chi connectivity index (χ3v) is 8.54. The minimum absolute atomic E-state index is 0.222. The Hall–Kier alpha value is -0.650. The van der Waals surface area contributed by atoms with Crippen molar-refractivity contribution < 1.29 is 12.6 Å². The highest BCUT2D eigenvalue weighted by molar-refractivity contribution is 9.11. The summed E-state index contributed by atoms with van der Waals surface area (Å²) in [4.78, 5) is 2.37. The monoisotopic (exact) mass is 440 g/mol. The maximum absolute atomic E-state index is 12.5. The molecule has 26 heavy (non-hydrogen) atoms. The van der Waals surface area contributed by atoms with E-state index >= 15 is 0 Å². The summed E-state index contributed by atoms with van der Waals surface area (Å²) >= 11 is 3.55. The summed E-state index contributed by atoms with van der Waals surface area (Å²) in [6, 6.07) is 6.85. The van der Waals surface area contributed by atoms with Gasteiger partial charge in [-0.25, -0.2) is 0 Å². The van der Waals surface area contributed by atoms with Crippen molar-refractivity contribution in [1.29, 1.82) is 0 Å². The lowest BCUT2D eigenvalue weighted by molar-refractivity contribution is 0.0762. The fourth-order valence-corrected chi connectivity index (χ4v) is 6.78. The molecule has 0 unspecified atom stereocenters. The first-order chi connectivity index (χ1) is 12.3. The Morgan fingerprint density at radius 2 is 2.00 bits per heavy atom. The quantitative estimate of drug-likeness (QED) is 0.540. The highest BCUT2D eigenvalue weighted by Gasteiger charge is 2.50. The topological polar surface area (TPSA) is 43.4 Å². The Morgan fingerprint density at radius 3 is 2.65 bits per heavy atom. The van der Waals surface area contributed by atoms with Gasteiger partial charge in [0.15, 0.2) is 0 Å². The Bertz CT molecular complexity index is 769. The third kappa shape index (κ3) is 3.81. The van der Waals surface area contributed by atoms with Crippen molar-refractivity contribution in [2.24, 2.45) is 23.2 Å². The van der Waals surface area contributed by atoms with Crippen molar-refractivity contribution in [1.82, 2.24) is 0 Å². The molecule has 2 fully saturated rings. The molecule has 0 aromatic heterocycles. The van der Waals surface area contributed by atoms with E-state index in [1.54, 1.807) is 24.3 Å². The van der Waals surface area contributed by atoms with Gasteiger partial charge in [-0.15, -0.1) is 0 Å². The van der Waals surface area contributed by atoms with Gasteiger partial charge in [-0.1, -0.05) is 53.0 Å². The molecule has 0 amide bonds. The van der Waals surface area contributed by atoms with E-state index in [1.807, 2.05) is 6.92 Å². The van der Waals surface area contributed by atoms with Crippen LogP contribution < -0.4 is 0 Å². The van der Waals surface area contributed by atoms with Crippen LogP contribution >= 0.6 is 15.9 Å². The van der Waals surface area contributed by atoms with E-state index in [9.17, 15) is 8.42 Å². The van der Waals surface area contributed by atoms with E-state index in [2.05, 4.69) is 34.8 Å². The number of fused-ring (bicyclic) bond motifs is 1. The molecule has 3 nitrogen and oxygen atoms in total. The second-order valence-corrected chi connectivity index (χ2v) is 10.4. The van der Waals surface area contributed by atoms with Crippen molar-refractivity contribution in [2.45, 2.75) is 57.8 Å². The molecule has 144 valence electrons. The Labute approximate surface area is 166 Å². The van der Waals surface area contributed by atoms with Gasteiger partial charge < -0.3 is 0 Å². The van der Waals surface area contributed by atoms with Crippen LogP contribution in [0.25, 0.3) is 0 Å². The van der Waals surface area contributed by atoms with Crippen LogP contribution in [0.3, 0.4) is 0 Å². The first-order valence-corrected chi connectivity index (χ1v) is 11.9. The Kier molecular flexibility index (Phi) is 6.00. The number of allylic oxidation sites excluding steroid dienone is 1. The minimum atomic E-state index is -3.69. The molecule has 0 bridgehead atoms. The fraction of sp³-hybridized carbons (Fsp3) is 0.619. The molecule has 0 aliphatic heterocycles. The normalized spacial score (nSPS) is 31.8. The van der Waals surface area contributed by atoms with Crippen LogP contribution in [0.5, 0.6) is 0 Å². The van der Waals surface area contributed by atoms with Crippen molar-refractivity contribution in [3.63, 3.8) is 0 Å². The predicted octanol–water partition coefficient (Wildman–Crippen LogP) is 5.83. The number of benzene rings is 1. The highest BCUT2D eigenvalue weighted by Crippen LogP contribution is 2.59. The van der Waals surface area contributed by atoms with Crippen LogP contribution in [-0.4, -0.2) is 15.0 Å². The maximum Gasteiger partial charge on any atom is 0.296 e. The molecule has 2 aliphatic carbocycles. The van der Waals surface area contributed by atoms with Gasteiger partial charge in [0, 0.05) is 0 Å². The van der Waals surface area contributed by atoms with Crippen molar-refractivity contribution in [3.8, 4) is 0 Å². The standard InChI is InChI=1S/C21H29BrO3S/c1-15-6-8-18(9-7-15)26(23,24)25-14-16(2)19-10-11-20-17(13-22)5-4-12-21(19,20)3/h6-9,13,16,19-20H,4-5,10-12,14H2,1-3H3/t16-,19-,20+,21-/m1/s1. The Balaban J connectivity index is 1.68. The number of hydrogen-bond donors (Lipinski definition) is 0. The minimum Gasteiger partial charge on any atom is -0.266 e. The highest BCUT2D eigenvalue weighted by atomic mass is 79.9. The number of halogens is 1. The molecule has 4 atom stereocenters. The molecule has 0 radical (unpaired) electrons. The lowest BCUT2D eigenvalue weighted by atomic mass is 9.61. The molecule has 5 heteroatoms. The molecule has 0 saturated heterocycles. The van der Waals surface area contributed by atoms with Crippen LogP contribution in [0.2, 0.25) is 0 Å². The molecular formula is C21H29BrO3S. The first kappa shape index (κ1) is 20.1. The van der Waals surface area contributed by atoms with E-state index < -0.39 is 10.1 Å². The number of hydrogen-bond acceptors (Lipinski definition) is 3. The van der Waals surface area contributed by atoms with Gasteiger partial charge in [0.1, 0.15) is 0 Å². The maximum atomic E-state index is 12.5. The van der Waals surface area contributed by atoms with Gasteiger partial charge in [0.25, 0.3) is 10.1 Å². The van der Waals surface area contributed by atoms with Gasteiger partial charge in [0.2, 0.25) is 0 Å². The van der Waals surface area contributed by atoms with Gasteiger partial charge in [0.05, 0.1) is 11.5 Å². The van der Waals surface area contributed by atoms with Gasteiger partial charge in [-0.2, -0.15) is 8.42 Å². The Morgan fingerprint density at radius 1 is 1.31 bits per heavy atom. The predicted molar refractivity (Wildman–Crippen MR) is 109 cm³/mol. The zero-order valence-electron chi connectivity index (χ0n) is 15.9. The average molecular weight is 441 g/mol. The smallest absolute Gasteiger partial charge is 0.266 e. The molecule has 2 aliphatic rings. The van der Waals surface area contributed by atoms with Gasteiger partial charge in [-0.05, 0) is 79.3 Å². The lowest BCUT2D eigenvalue weighted by Crippen LogP contribution is -2.37. The lowest BCUT2D eigenvalue weighted by Gasteiger charge is -2.44. The first-order valence-electron chi connectivity index (χ1n) is 9.53. The molecule has 2 saturated carbocycles. The van der Waals surface area contributed by atoms with E-state index in [0.717, 1.165) is 12.0 Å². The van der Waals surface area contributed by atoms with Gasteiger partial charge in [-0.3, -0.25) is 4.18 Å². The van der Waals surface area contributed by atoms with E-state index in [0.29, 0.717) is 11.8 Å². The molecule has 1 aromatic rings. The van der Waals surface area contributed by atoms with Crippen LogP contribution in [0, 0.1) is 30.1 Å². The summed E-state index contributed by atoms with van der Waals surface area (Å²) in [5, 5.41) is 0. The summed E-state index contributed by atoms with van der Waals surface area (Å²) in [5.74, 6) is 1.35. The largest absolute Gasteiger partial charge is 0.296 e. The summed E-state index contributed by atoms with van der Waals surface area (Å²) in [6.45, 7) is 6.75. The molecule has 0 spiro atoms. The van der Waals surface area contributed by atoms with Crippen molar-refractivity contribution in [3.05, 3.63) is 40.4 Å². The molecular weight excluding hydrogens is 412 g/mol. The van der Waals surface area contributed by atoms with Crippen molar-refractivity contribution >= 4 is 26.0 Å². The average Bonchev–Trinajstić information content (AvgIpc) is 2.97. The number of rotatable bonds is 5. The fourth-order valence-electron chi connectivity index (χ4n) is 5.23. The number of aryl methyl sites for hydroxylation is 1. The summed E-state index contributed by atoms with van der Waals surface area (Å²) in [6.07, 6.45) is 5.98. The molecule has 3 rings (SSSR count). The van der Waals surface area contributed by atoms with Crippen LogP contribution in [0.4, 0.5) is 0 Å². The molecule has 0 heterocycles. The van der Waals surface area contributed by atoms with Crippen LogP contribution in [0.1, 0.15) is 51.5 Å². The van der Waals surface area contributed by atoms with E-state index in [1.165, 1.54) is 31.3 Å². The summed E-state index contributed by atoms with van der Waals surface area (Å²) in [7, 11) is -3.69. The second-order valence-electron chi connectivity index (χ2n) is 8.31. The zero-order valence-corrected chi connectivity index (χ0v) is 18.3. The van der Waals surface area contributed by atoms with Crippen LogP contribution in [-0.2, 0) is 14.3 Å². The van der Waals surface area contributed by atoms with Crippen molar-refractivity contribution in [2.75, 3.05) is 6.61 Å². The third-order valence-electron chi connectivity index (χ3n) is 6.66. The van der Waals surface area contributed by atoms with E-state index in [4.69, 9.17) is 4.18 Å². The zero-order chi connectivity index (χ0) is 18.9. The summed E-state index contributed by atoms with van der Waals surface area (Å²) in [5.41, 5.74) is 2.82.